The van der Waals surface area contributed by atoms with Gasteiger partial charge in [-0.05, 0) is 29.8 Å². The number of amidine groups is 1. The van der Waals surface area contributed by atoms with Gasteiger partial charge in [0.05, 0.1) is 0 Å². The molecule has 2 aromatic carbocycles. The topological polar surface area (TPSA) is 73.9 Å². The summed E-state index contributed by atoms with van der Waals surface area (Å²) in [5.41, 5.74) is 6.44. The van der Waals surface area contributed by atoms with E-state index >= 15 is 0 Å². The Morgan fingerprint density at radius 3 is 2.57 bits per heavy atom. The van der Waals surface area contributed by atoms with Crippen molar-refractivity contribution in [1.29, 1.82) is 0 Å². The Hall–Kier alpha value is -2.24. The van der Waals surface area contributed by atoms with E-state index in [0.717, 1.165) is 5.56 Å². The van der Waals surface area contributed by atoms with Crippen molar-refractivity contribution in [2.24, 2.45) is 10.9 Å². The number of carbonyl (C=O) groups excluding carboxylic acids is 1. The minimum absolute atomic E-state index is 0.113. The maximum Gasteiger partial charge on any atom is 0.372 e. The van der Waals surface area contributed by atoms with Gasteiger partial charge in [-0.2, -0.15) is 0 Å². The molecule has 0 amide bonds. The molecule has 0 aromatic heterocycles. The van der Waals surface area contributed by atoms with E-state index in [4.69, 9.17) is 38.5 Å². The van der Waals surface area contributed by atoms with E-state index in [-0.39, 0.29) is 18.9 Å². The fraction of sp³-hybridized carbons (Fsp3) is 0.125. The van der Waals surface area contributed by atoms with Gasteiger partial charge < -0.3 is 15.3 Å². The van der Waals surface area contributed by atoms with Crippen molar-refractivity contribution in [2.45, 2.75) is 6.42 Å². The molecule has 0 aliphatic carbocycles. The first-order chi connectivity index (χ1) is 11.0. The van der Waals surface area contributed by atoms with Gasteiger partial charge in [0.2, 0.25) is 0 Å². The third-order valence-electron chi connectivity index (χ3n) is 2.75. The van der Waals surface area contributed by atoms with E-state index in [1.54, 1.807) is 42.5 Å². The molecule has 0 bridgehead atoms. The lowest BCUT2D eigenvalue weighted by Gasteiger charge is -2.05. The van der Waals surface area contributed by atoms with Gasteiger partial charge in [-0.25, -0.2) is 4.79 Å². The zero-order valence-corrected chi connectivity index (χ0v) is 13.6. The van der Waals surface area contributed by atoms with E-state index in [9.17, 15) is 4.79 Å². The lowest BCUT2D eigenvalue weighted by molar-refractivity contribution is -0.146. The molecule has 2 aromatic rings. The number of carbonyl (C=O) groups is 1. The highest BCUT2D eigenvalue weighted by Crippen LogP contribution is 2.21. The summed E-state index contributed by atoms with van der Waals surface area (Å²) in [6.07, 6.45) is 0.239. The summed E-state index contributed by atoms with van der Waals surface area (Å²) in [7, 11) is 0. The first-order valence-corrected chi connectivity index (χ1v) is 7.44. The van der Waals surface area contributed by atoms with Crippen LogP contribution in [0.5, 0.6) is 5.75 Å². The Kier molecular flexibility index (Phi) is 6.26. The maximum absolute atomic E-state index is 11.5. The van der Waals surface area contributed by atoms with E-state index in [2.05, 4.69) is 5.16 Å². The predicted octanol–water partition coefficient (Wildman–Crippen LogP) is 3.43. The molecule has 2 N–H and O–H groups in total. The van der Waals surface area contributed by atoms with Gasteiger partial charge in [-0.1, -0.05) is 52.6 Å². The second-order valence-corrected chi connectivity index (χ2v) is 5.40. The normalized spacial score (nSPS) is 11.1. The number of halogens is 2. The molecule has 0 atom stereocenters. The Labute approximate surface area is 143 Å². The van der Waals surface area contributed by atoms with Crippen molar-refractivity contribution in [3.05, 3.63) is 64.1 Å². The fourth-order valence-electron chi connectivity index (χ4n) is 1.69. The number of benzene rings is 2. The standard InChI is InChI=1S/C16H14Cl2N2O3/c17-12-7-6-11(14(18)9-12)8-15(19)20-23-16(21)10-22-13-4-2-1-3-5-13/h1-7,9H,8,10H2,(H2,19,20). The van der Waals surface area contributed by atoms with Crippen LogP contribution in [0.3, 0.4) is 0 Å². The van der Waals surface area contributed by atoms with Gasteiger partial charge in [-0.15, -0.1) is 0 Å². The molecule has 0 aliphatic heterocycles. The zero-order chi connectivity index (χ0) is 16.7. The van der Waals surface area contributed by atoms with Crippen molar-refractivity contribution in [1.82, 2.24) is 0 Å². The lowest BCUT2D eigenvalue weighted by Crippen LogP contribution is -2.19. The molecule has 0 saturated carbocycles. The number of hydrogen-bond donors (Lipinski definition) is 1. The van der Waals surface area contributed by atoms with Crippen LogP contribution >= 0.6 is 23.2 Å². The zero-order valence-electron chi connectivity index (χ0n) is 12.0. The number of nitrogens with two attached hydrogens (primary N) is 1. The Balaban J connectivity index is 1.83. The van der Waals surface area contributed by atoms with Crippen LogP contribution in [0.2, 0.25) is 10.0 Å². The average molecular weight is 353 g/mol. The number of para-hydroxylation sites is 1. The highest BCUT2D eigenvalue weighted by Gasteiger charge is 2.07. The molecule has 0 fully saturated rings. The van der Waals surface area contributed by atoms with E-state index in [1.165, 1.54) is 0 Å². The fourth-order valence-corrected chi connectivity index (χ4v) is 2.16. The molecule has 7 heteroatoms. The summed E-state index contributed by atoms with van der Waals surface area (Å²) in [4.78, 5) is 16.2. The largest absolute Gasteiger partial charge is 0.482 e. The average Bonchev–Trinajstić information content (AvgIpc) is 2.54. The highest BCUT2D eigenvalue weighted by atomic mass is 35.5. The molecule has 23 heavy (non-hydrogen) atoms. The van der Waals surface area contributed by atoms with Gasteiger partial charge in [0, 0.05) is 16.5 Å². The quantitative estimate of drug-likeness (QED) is 0.374. The van der Waals surface area contributed by atoms with Crippen LogP contribution in [0.1, 0.15) is 5.56 Å². The SMILES string of the molecule is N/C(Cc1ccc(Cl)cc1Cl)=N/OC(=O)COc1ccccc1. The van der Waals surface area contributed by atoms with Crippen molar-refractivity contribution in [2.75, 3.05) is 6.61 Å². The second-order valence-electron chi connectivity index (χ2n) is 4.56. The molecule has 2 rings (SSSR count). The Morgan fingerprint density at radius 2 is 1.87 bits per heavy atom. The smallest absolute Gasteiger partial charge is 0.372 e. The van der Waals surface area contributed by atoms with E-state index in [1.807, 2.05) is 6.07 Å². The molecule has 0 radical (unpaired) electrons. The minimum Gasteiger partial charge on any atom is -0.482 e. The summed E-state index contributed by atoms with van der Waals surface area (Å²) in [5.74, 6) is 0.0237. The number of rotatable bonds is 6. The van der Waals surface area contributed by atoms with Crippen LogP contribution in [0, 0.1) is 0 Å². The summed E-state index contributed by atoms with van der Waals surface area (Å²) in [6.45, 7) is -0.261. The van der Waals surface area contributed by atoms with Crippen LogP contribution in [0.25, 0.3) is 0 Å². The molecule has 120 valence electrons. The monoisotopic (exact) mass is 352 g/mol. The molecule has 5 nitrogen and oxygen atoms in total. The number of ether oxygens (including phenoxy) is 1. The maximum atomic E-state index is 11.5. The summed E-state index contributed by atoms with van der Waals surface area (Å²) < 4.78 is 5.23. The summed E-state index contributed by atoms with van der Waals surface area (Å²) in [6, 6.07) is 13.9. The number of hydrogen-bond acceptors (Lipinski definition) is 4. The van der Waals surface area contributed by atoms with Crippen LogP contribution in [0.15, 0.2) is 53.7 Å². The Morgan fingerprint density at radius 1 is 1.13 bits per heavy atom. The van der Waals surface area contributed by atoms with E-state index in [0.29, 0.717) is 15.8 Å². The van der Waals surface area contributed by atoms with Crippen LogP contribution in [-0.2, 0) is 16.1 Å². The van der Waals surface area contributed by atoms with Crippen molar-refractivity contribution >= 4 is 35.0 Å². The Bertz CT molecular complexity index is 706. The van der Waals surface area contributed by atoms with E-state index < -0.39 is 5.97 Å². The van der Waals surface area contributed by atoms with Crippen LogP contribution in [0.4, 0.5) is 0 Å². The number of nitrogens with zero attached hydrogens (tertiary/aromatic N) is 1. The van der Waals surface area contributed by atoms with Gasteiger partial charge in [0.15, 0.2) is 6.61 Å². The third kappa shape index (κ3) is 5.81. The molecular weight excluding hydrogens is 339 g/mol. The van der Waals surface area contributed by atoms with Gasteiger partial charge >= 0.3 is 5.97 Å². The highest BCUT2D eigenvalue weighted by molar-refractivity contribution is 6.35. The van der Waals surface area contributed by atoms with Crippen molar-refractivity contribution in [3.8, 4) is 5.75 Å². The van der Waals surface area contributed by atoms with Gasteiger partial charge in [0.25, 0.3) is 0 Å². The summed E-state index contributed by atoms with van der Waals surface area (Å²) >= 11 is 11.8. The number of oxime groups is 1. The van der Waals surface area contributed by atoms with Crippen LogP contribution < -0.4 is 10.5 Å². The van der Waals surface area contributed by atoms with Gasteiger partial charge in [-0.3, -0.25) is 0 Å². The lowest BCUT2D eigenvalue weighted by atomic mass is 10.1. The molecule has 0 heterocycles. The van der Waals surface area contributed by atoms with Crippen molar-refractivity contribution < 1.29 is 14.4 Å². The minimum atomic E-state index is -0.654. The van der Waals surface area contributed by atoms with Gasteiger partial charge in [0.1, 0.15) is 11.6 Å². The summed E-state index contributed by atoms with van der Waals surface area (Å²) in [5, 5.41) is 4.56. The van der Waals surface area contributed by atoms with Crippen LogP contribution in [-0.4, -0.2) is 18.4 Å². The molecule has 0 saturated heterocycles. The molecular formula is C16H14Cl2N2O3. The predicted molar refractivity (Wildman–Crippen MR) is 89.8 cm³/mol. The first-order valence-electron chi connectivity index (χ1n) is 6.68. The third-order valence-corrected chi connectivity index (χ3v) is 3.34. The molecule has 0 unspecified atom stereocenters. The second kappa shape index (κ2) is 8.41. The molecule has 0 aliphatic rings. The molecule has 0 spiro atoms. The first kappa shape index (κ1) is 17.1. The van der Waals surface area contributed by atoms with Crippen molar-refractivity contribution in [3.63, 3.8) is 0 Å².